The lowest BCUT2D eigenvalue weighted by atomic mass is 9.86. The minimum atomic E-state index is 0.0448. The van der Waals surface area contributed by atoms with Crippen molar-refractivity contribution in [1.82, 2.24) is 15.3 Å². The summed E-state index contributed by atoms with van der Waals surface area (Å²) in [4.78, 5) is 9.51. The summed E-state index contributed by atoms with van der Waals surface area (Å²) in [6.07, 6.45) is 2.44. The molecule has 3 aromatic rings. The quantitative estimate of drug-likeness (QED) is 0.499. The second kappa shape index (κ2) is 8.77. The van der Waals surface area contributed by atoms with Gasteiger partial charge in [0.15, 0.2) is 0 Å². The van der Waals surface area contributed by atoms with Crippen LogP contribution in [0.2, 0.25) is 0 Å². The van der Waals surface area contributed by atoms with Gasteiger partial charge in [-0.2, -0.15) is 0 Å². The second-order valence-electron chi connectivity index (χ2n) is 9.53. The highest BCUT2D eigenvalue weighted by molar-refractivity contribution is 5.54. The van der Waals surface area contributed by atoms with Crippen LogP contribution in [0.4, 0.5) is 11.6 Å². The number of nitrogens with one attached hydrogen (secondary N) is 2. The molecule has 1 aromatic heterocycles. The third kappa shape index (κ3) is 5.49. The van der Waals surface area contributed by atoms with Crippen molar-refractivity contribution in [1.29, 1.82) is 0 Å². The Balaban J connectivity index is 1.63. The first-order valence-electron chi connectivity index (χ1n) is 11.1. The molecule has 0 bridgehead atoms. The van der Waals surface area contributed by atoms with E-state index in [-0.39, 0.29) is 11.5 Å². The maximum Gasteiger partial charge on any atom is 0.227 e. The van der Waals surface area contributed by atoms with Crippen molar-refractivity contribution in [3.05, 3.63) is 82.7 Å². The molecule has 0 radical (unpaired) electrons. The number of rotatable bonds is 7. The fourth-order valence-corrected chi connectivity index (χ4v) is 3.66. The first kappa shape index (κ1) is 21.5. The van der Waals surface area contributed by atoms with Crippen LogP contribution in [0, 0.1) is 6.92 Å². The molecule has 5 nitrogen and oxygen atoms in total. The highest BCUT2D eigenvalue weighted by Crippen LogP contribution is 2.31. The summed E-state index contributed by atoms with van der Waals surface area (Å²) >= 11 is 0. The fourth-order valence-electron chi connectivity index (χ4n) is 3.66. The molecule has 1 atom stereocenters. The molecule has 31 heavy (non-hydrogen) atoms. The maximum absolute atomic E-state index is 5.71. The number of benzene rings is 2. The second-order valence-corrected chi connectivity index (χ2v) is 9.53. The lowest BCUT2D eigenvalue weighted by Crippen LogP contribution is -2.26. The number of hydrogen-bond donors (Lipinski definition) is 3. The summed E-state index contributed by atoms with van der Waals surface area (Å²) in [6, 6.07) is 19.7. The van der Waals surface area contributed by atoms with E-state index >= 15 is 0 Å². The minimum absolute atomic E-state index is 0.0448. The summed E-state index contributed by atoms with van der Waals surface area (Å²) in [5, 5.41) is 7.13. The Hall–Kier alpha value is -2.76. The highest BCUT2D eigenvalue weighted by atomic mass is 15.1. The summed E-state index contributed by atoms with van der Waals surface area (Å²) in [5.41, 5.74) is 12.4. The third-order valence-electron chi connectivity index (χ3n) is 5.71. The Morgan fingerprint density at radius 2 is 1.68 bits per heavy atom. The molecule has 1 saturated carbocycles. The standard InChI is InChI=1S/C26H33N5/c1-17-15-23(31-25(28-17)30-22-11-5-18(16-27)6-12-22)24(29-21-13-14-21)19-7-9-20(10-8-19)26(2,3)4/h5-12,15,21,24,29H,13-14,16,27H2,1-4H3,(H,28,30,31). The van der Waals surface area contributed by atoms with E-state index in [0.717, 1.165) is 22.6 Å². The van der Waals surface area contributed by atoms with Crippen LogP contribution < -0.4 is 16.4 Å². The van der Waals surface area contributed by atoms with Crippen LogP contribution in [0.1, 0.15) is 67.7 Å². The minimum Gasteiger partial charge on any atom is -0.326 e. The molecule has 5 heteroatoms. The van der Waals surface area contributed by atoms with Crippen LogP contribution in [-0.4, -0.2) is 16.0 Å². The van der Waals surface area contributed by atoms with Gasteiger partial charge >= 0.3 is 0 Å². The number of nitrogens with zero attached hydrogens (tertiary/aromatic N) is 2. The van der Waals surface area contributed by atoms with E-state index in [1.165, 1.54) is 24.0 Å². The monoisotopic (exact) mass is 415 g/mol. The van der Waals surface area contributed by atoms with Gasteiger partial charge in [0.2, 0.25) is 5.95 Å². The van der Waals surface area contributed by atoms with Gasteiger partial charge in [-0.25, -0.2) is 9.97 Å². The Labute approximate surface area is 185 Å². The summed E-state index contributed by atoms with van der Waals surface area (Å²) in [6.45, 7) is 9.29. The van der Waals surface area contributed by atoms with E-state index in [1.54, 1.807) is 0 Å². The van der Waals surface area contributed by atoms with E-state index in [1.807, 2.05) is 31.2 Å². The Morgan fingerprint density at radius 3 is 2.26 bits per heavy atom. The fraction of sp³-hybridized carbons (Fsp3) is 0.385. The van der Waals surface area contributed by atoms with Crippen LogP contribution >= 0.6 is 0 Å². The topological polar surface area (TPSA) is 75.9 Å². The molecule has 2 aromatic carbocycles. The van der Waals surface area contributed by atoms with Crippen molar-refractivity contribution in [3.8, 4) is 0 Å². The van der Waals surface area contributed by atoms with Gasteiger partial charge in [-0.1, -0.05) is 57.2 Å². The van der Waals surface area contributed by atoms with Gasteiger partial charge in [-0.05, 0) is 60.1 Å². The third-order valence-corrected chi connectivity index (χ3v) is 5.71. The number of aryl methyl sites for hydroxylation is 1. The van der Waals surface area contributed by atoms with E-state index < -0.39 is 0 Å². The van der Waals surface area contributed by atoms with E-state index in [9.17, 15) is 0 Å². The molecule has 162 valence electrons. The average molecular weight is 416 g/mol. The molecule has 0 spiro atoms. The summed E-state index contributed by atoms with van der Waals surface area (Å²) in [5.74, 6) is 0.615. The predicted molar refractivity (Wildman–Crippen MR) is 128 cm³/mol. The molecule has 1 fully saturated rings. The molecular weight excluding hydrogens is 382 g/mol. The lowest BCUT2D eigenvalue weighted by molar-refractivity contribution is 0.578. The molecule has 1 unspecified atom stereocenters. The van der Waals surface area contributed by atoms with Gasteiger partial charge in [0, 0.05) is 24.0 Å². The summed E-state index contributed by atoms with van der Waals surface area (Å²) < 4.78 is 0. The first-order valence-corrected chi connectivity index (χ1v) is 11.1. The average Bonchev–Trinajstić information content (AvgIpc) is 3.56. The van der Waals surface area contributed by atoms with Crippen molar-refractivity contribution < 1.29 is 0 Å². The van der Waals surface area contributed by atoms with Crippen LogP contribution in [0.25, 0.3) is 0 Å². The van der Waals surface area contributed by atoms with Gasteiger partial charge in [-0.3, -0.25) is 0 Å². The van der Waals surface area contributed by atoms with E-state index in [4.69, 9.17) is 10.7 Å². The molecule has 1 heterocycles. The Bertz CT molecular complexity index is 1020. The number of anilines is 2. The van der Waals surface area contributed by atoms with Crippen LogP contribution in [0.3, 0.4) is 0 Å². The van der Waals surface area contributed by atoms with Crippen LogP contribution in [0.5, 0.6) is 0 Å². The predicted octanol–water partition coefficient (Wildman–Crippen LogP) is 5.13. The zero-order valence-corrected chi connectivity index (χ0v) is 18.9. The zero-order valence-electron chi connectivity index (χ0n) is 18.9. The Kier molecular flexibility index (Phi) is 6.08. The zero-order chi connectivity index (χ0) is 22.0. The number of aromatic nitrogens is 2. The lowest BCUT2D eigenvalue weighted by Gasteiger charge is -2.23. The van der Waals surface area contributed by atoms with Crippen molar-refractivity contribution in [3.63, 3.8) is 0 Å². The van der Waals surface area contributed by atoms with E-state index in [0.29, 0.717) is 18.5 Å². The van der Waals surface area contributed by atoms with Crippen molar-refractivity contribution in [2.75, 3.05) is 5.32 Å². The molecule has 4 rings (SSSR count). The molecule has 1 aliphatic rings. The molecule has 4 N–H and O–H groups in total. The van der Waals surface area contributed by atoms with E-state index in [2.05, 4.69) is 66.7 Å². The van der Waals surface area contributed by atoms with Crippen molar-refractivity contribution in [2.24, 2.45) is 5.73 Å². The van der Waals surface area contributed by atoms with Crippen molar-refractivity contribution in [2.45, 2.75) is 64.6 Å². The smallest absolute Gasteiger partial charge is 0.227 e. The molecule has 0 aliphatic heterocycles. The van der Waals surface area contributed by atoms with Gasteiger partial charge < -0.3 is 16.4 Å². The largest absolute Gasteiger partial charge is 0.326 e. The molecule has 1 aliphatic carbocycles. The molecular formula is C26H33N5. The van der Waals surface area contributed by atoms with Gasteiger partial charge in [-0.15, -0.1) is 0 Å². The molecule has 0 amide bonds. The Morgan fingerprint density at radius 1 is 1.00 bits per heavy atom. The van der Waals surface area contributed by atoms with Gasteiger partial charge in [0.1, 0.15) is 0 Å². The number of hydrogen-bond acceptors (Lipinski definition) is 5. The van der Waals surface area contributed by atoms with Crippen LogP contribution in [0.15, 0.2) is 54.6 Å². The van der Waals surface area contributed by atoms with Crippen molar-refractivity contribution >= 4 is 11.6 Å². The molecule has 0 saturated heterocycles. The highest BCUT2D eigenvalue weighted by Gasteiger charge is 2.28. The first-order chi connectivity index (χ1) is 14.8. The van der Waals surface area contributed by atoms with Crippen LogP contribution in [-0.2, 0) is 12.0 Å². The number of nitrogens with two attached hydrogens (primary N) is 1. The van der Waals surface area contributed by atoms with Gasteiger partial charge in [0.25, 0.3) is 0 Å². The maximum atomic E-state index is 5.71. The van der Waals surface area contributed by atoms with Gasteiger partial charge in [0.05, 0.1) is 11.7 Å². The normalized spacial score (nSPS) is 15.0. The SMILES string of the molecule is Cc1cc(C(NC2CC2)c2ccc(C(C)(C)C)cc2)nc(Nc2ccc(CN)cc2)n1. The summed E-state index contributed by atoms with van der Waals surface area (Å²) in [7, 11) is 0.